The van der Waals surface area contributed by atoms with Crippen molar-refractivity contribution in [3.05, 3.63) is 46.3 Å². The van der Waals surface area contributed by atoms with Crippen LogP contribution in [0, 0.1) is 0 Å². The summed E-state index contributed by atoms with van der Waals surface area (Å²) in [5.74, 6) is -0.429. The van der Waals surface area contributed by atoms with Crippen LogP contribution in [0.4, 0.5) is 0 Å². The first-order chi connectivity index (χ1) is 8.29. The number of nitrogens with one attached hydrogen (secondary N) is 1. The van der Waals surface area contributed by atoms with Crippen LogP contribution >= 0.6 is 11.3 Å². The first kappa shape index (κ1) is 10.5. The second-order valence-electron chi connectivity index (χ2n) is 4.06. The number of amides is 1. The number of thiophene rings is 1. The highest BCUT2D eigenvalue weighted by atomic mass is 32.1. The Morgan fingerprint density at radius 3 is 2.82 bits per heavy atom. The summed E-state index contributed by atoms with van der Waals surface area (Å²) in [5.41, 5.74) is 5.44. The highest BCUT2D eigenvalue weighted by molar-refractivity contribution is 7.17. The normalized spacial score (nSPS) is 12.8. The first-order valence-electron chi connectivity index (χ1n) is 5.45. The molecule has 1 aromatic carbocycles. The van der Waals surface area contributed by atoms with Crippen molar-refractivity contribution in [1.82, 2.24) is 5.48 Å². The zero-order chi connectivity index (χ0) is 11.8. The minimum absolute atomic E-state index is 0.429. The average molecular weight is 245 g/mol. The fourth-order valence-electron chi connectivity index (χ4n) is 2.24. The molecule has 0 fully saturated rings. The van der Waals surface area contributed by atoms with Gasteiger partial charge in [-0.2, -0.15) is 0 Å². The number of benzene rings is 1. The molecule has 0 saturated heterocycles. The van der Waals surface area contributed by atoms with Gasteiger partial charge in [-0.25, -0.2) is 5.48 Å². The quantitative estimate of drug-likeness (QED) is 0.599. The van der Waals surface area contributed by atoms with Crippen LogP contribution < -0.4 is 5.48 Å². The average Bonchev–Trinajstić information content (AvgIpc) is 2.82. The Labute approximate surface area is 103 Å². The Kier molecular flexibility index (Phi) is 2.46. The van der Waals surface area contributed by atoms with Crippen LogP contribution in [-0.2, 0) is 12.8 Å². The van der Waals surface area contributed by atoms with Crippen LogP contribution in [0.15, 0.2) is 30.3 Å². The molecule has 0 unspecified atom stereocenters. The van der Waals surface area contributed by atoms with Gasteiger partial charge >= 0.3 is 0 Å². The summed E-state index contributed by atoms with van der Waals surface area (Å²) < 4.78 is 0. The molecule has 0 radical (unpaired) electrons. The number of hydrogen-bond acceptors (Lipinski definition) is 3. The third-order valence-corrected chi connectivity index (χ3v) is 4.27. The van der Waals surface area contributed by atoms with Gasteiger partial charge in [-0.3, -0.25) is 10.0 Å². The van der Waals surface area contributed by atoms with Gasteiger partial charge in [0.2, 0.25) is 0 Å². The Bertz CT molecular complexity index is 589. The minimum atomic E-state index is -0.429. The van der Waals surface area contributed by atoms with E-state index < -0.39 is 5.91 Å². The van der Waals surface area contributed by atoms with E-state index in [2.05, 4.69) is 12.1 Å². The van der Waals surface area contributed by atoms with Crippen molar-refractivity contribution in [1.29, 1.82) is 0 Å². The van der Waals surface area contributed by atoms with E-state index in [-0.39, 0.29) is 0 Å². The summed E-state index contributed by atoms with van der Waals surface area (Å²) in [5, 5.41) is 8.65. The van der Waals surface area contributed by atoms with Crippen LogP contribution in [-0.4, -0.2) is 11.1 Å². The van der Waals surface area contributed by atoms with Crippen LogP contribution in [0.3, 0.4) is 0 Å². The number of aryl methyl sites for hydroxylation is 2. The van der Waals surface area contributed by atoms with E-state index in [4.69, 9.17) is 5.21 Å². The van der Waals surface area contributed by atoms with Gasteiger partial charge in [0.15, 0.2) is 0 Å². The van der Waals surface area contributed by atoms with Crippen LogP contribution in [0.1, 0.15) is 20.8 Å². The Balaban J connectivity index is 2.13. The van der Waals surface area contributed by atoms with E-state index in [0.29, 0.717) is 4.88 Å². The standard InChI is InChI=1S/C13H11NO2S/c15-13(14-16)11-7-9-6-5-8-3-1-2-4-10(8)12(9)17-11/h1-4,7,16H,5-6H2,(H,14,15). The van der Waals surface area contributed by atoms with E-state index >= 15 is 0 Å². The van der Waals surface area contributed by atoms with Crippen molar-refractivity contribution >= 4 is 17.2 Å². The van der Waals surface area contributed by atoms with E-state index in [1.54, 1.807) is 5.48 Å². The molecule has 1 aromatic heterocycles. The highest BCUT2D eigenvalue weighted by Gasteiger charge is 2.20. The Morgan fingerprint density at radius 1 is 1.24 bits per heavy atom. The maximum absolute atomic E-state index is 11.4. The third-order valence-electron chi connectivity index (χ3n) is 3.06. The molecule has 1 heterocycles. The molecule has 86 valence electrons. The van der Waals surface area contributed by atoms with Gasteiger partial charge in [0.1, 0.15) is 0 Å². The van der Waals surface area contributed by atoms with Crippen LogP contribution in [0.5, 0.6) is 0 Å². The summed E-state index contributed by atoms with van der Waals surface area (Å²) in [6.07, 6.45) is 1.97. The fraction of sp³-hybridized carbons (Fsp3) is 0.154. The van der Waals surface area contributed by atoms with Crippen molar-refractivity contribution in [2.24, 2.45) is 0 Å². The second-order valence-corrected chi connectivity index (χ2v) is 5.12. The highest BCUT2D eigenvalue weighted by Crippen LogP contribution is 2.39. The first-order valence-corrected chi connectivity index (χ1v) is 6.26. The van der Waals surface area contributed by atoms with E-state index in [9.17, 15) is 4.79 Å². The Hall–Kier alpha value is -1.65. The van der Waals surface area contributed by atoms with Crippen molar-refractivity contribution in [2.45, 2.75) is 12.8 Å². The number of hydroxylamine groups is 1. The largest absolute Gasteiger partial charge is 0.288 e. The molecule has 0 bridgehead atoms. The lowest BCUT2D eigenvalue weighted by molar-refractivity contribution is 0.0711. The van der Waals surface area contributed by atoms with Gasteiger partial charge < -0.3 is 0 Å². The molecule has 1 aliphatic rings. The van der Waals surface area contributed by atoms with Gasteiger partial charge in [0.25, 0.3) is 5.91 Å². The molecule has 4 heteroatoms. The number of rotatable bonds is 1. The van der Waals surface area contributed by atoms with Crippen molar-refractivity contribution in [3.63, 3.8) is 0 Å². The van der Waals surface area contributed by atoms with Crippen molar-refractivity contribution < 1.29 is 10.0 Å². The molecule has 0 atom stereocenters. The summed E-state index contributed by atoms with van der Waals surface area (Å²) in [6, 6.07) is 10.1. The second kappa shape index (κ2) is 3.98. The molecule has 2 aromatic rings. The SMILES string of the molecule is O=C(NO)c1cc2c(s1)-c1ccccc1CC2. The summed E-state index contributed by atoms with van der Waals surface area (Å²) in [7, 11) is 0. The van der Waals surface area contributed by atoms with Crippen LogP contribution in [0.25, 0.3) is 10.4 Å². The number of carbonyl (C=O) groups is 1. The van der Waals surface area contributed by atoms with Gasteiger partial charge in [0.05, 0.1) is 4.88 Å². The molecule has 1 aliphatic carbocycles. The van der Waals surface area contributed by atoms with Gasteiger partial charge in [-0.15, -0.1) is 11.3 Å². The summed E-state index contributed by atoms with van der Waals surface area (Å²) >= 11 is 1.44. The molecule has 1 amide bonds. The van der Waals surface area contributed by atoms with E-state index in [0.717, 1.165) is 17.7 Å². The van der Waals surface area contributed by atoms with Crippen molar-refractivity contribution in [2.75, 3.05) is 0 Å². The zero-order valence-corrected chi connectivity index (χ0v) is 9.88. The molecule has 3 nitrogen and oxygen atoms in total. The maximum Gasteiger partial charge on any atom is 0.284 e. The van der Waals surface area contributed by atoms with Crippen LogP contribution in [0.2, 0.25) is 0 Å². The lowest BCUT2D eigenvalue weighted by atomic mass is 9.91. The zero-order valence-electron chi connectivity index (χ0n) is 9.06. The van der Waals surface area contributed by atoms with Gasteiger partial charge in [0, 0.05) is 4.88 Å². The maximum atomic E-state index is 11.4. The predicted octanol–water partition coefficient (Wildman–Crippen LogP) is 2.63. The Morgan fingerprint density at radius 2 is 2.00 bits per heavy atom. The molecule has 0 spiro atoms. The van der Waals surface area contributed by atoms with Gasteiger partial charge in [-0.1, -0.05) is 24.3 Å². The molecule has 2 N–H and O–H groups in total. The van der Waals surface area contributed by atoms with Crippen molar-refractivity contribution in [3.8, 4) is 10.4 Å². The predicted molar refractivity (Wildman–Crippen MR) is 66.4 cm³/mol. The molecule has 0 saturated carbocycles. The molecular formula is C13H11NO2S. The lowest BCUT2D eigenvalue weighted by Gasteiger charge is -2.15. The third kappa shape index (κ3) is 1.66. The molecule has 3 rings (SSSR count). The lowest BCUT2D eigenvalue weighted by Crippen LogP contribution is -2.16. The minimum Gasteiger partial charge on any atom is -0.288 e. The van der Waals surface area contributed by atoms with E-state index in [1.807, 2.05) is 18.2 Å². The molecule has 17 heavy (non-hydrogen) atoms. The summed E-state index contributed by atoms with van der Waals surface area (Å²) in [4.78, 5) is 13.1. The monoisotopic (exact) mass is 245 g/mol. The summed E-state index contributed by atoms with van der Waals surface area (Å²) in [6.45, 7) is 0. The smallest absolute Gasteiger partial charge is 0.284 e. The topological polar surface area (TPSA) is 49.3 Å². The number of carbonyl (C=O) groups excluding carboxylic acids is 1. The molecular weight excluding hydrogens is 234 g/mol. The van der Waals surface area contributed by atoms with Gasteiger partial charge in [-0.05, 0) is 35.6 Å². The fourth-order valence-corrected chi connectivity index (χ4v) is 3.40. The number of fused-ring (bicyclic) bond motifs is 3. The molecule has 0 aliphatic heterocycles. The van der Waals surface area contributed by atoms with E-state index in [1.165, 1.54) is 28.0 Å². The number of hydrogen-bond donors (Lipinski definition) is 2.